The lowest BCUT2D eigenvalue weighted by Crippen LogP contribution is -2.35. The highest BCUT2D eigenvalue weighted by Crippen LogP contribution is 2.20. The monoisotopic (exact) mass is 230 g/mol. The van der Waals surface area contributed by atoms with Crippen molar-refractivity contribution in [3.05, 3.63) is 0 Å². The van der Waals surface area contributed by atoms with Gasteiger partial charge in [0.15, 0.2) is 0 Å². The molecule has 80 valence electrons. The van der Waals surface area contributed by atoms with Crippen LogP contribution >= 0.6 is 11.8 Å². The van der Waals surface area contributed by atoms with Gasteiger partial charge in [0.05, 0.1) is 11.7 Å². The summed E-state index contributed by atoms with van der Waals surface area (Å²) in [5.41, 5.74) is 0. The molecule has 1 unspecified atom stereocenters. The molecule has 0 aromatic rings. The zero-order valence-electron chi connectivity index (χ0n) is 6.67. The van der Waals surface area contributed by atoms with Gasteiger partial charge in [-0.15, -0.1) is 11.8 Å². The molecule has 0 N–H and O–H groups in total. The van der Waals surface area contributed by atoms with Crippen LogP contribution in [0, 0.1) is 0 Å². The number of Topliss-reactive ketones (excluding diaryl/α,β-unsaturated/α-hetero) is 1. The maximum absolute atomic E-state index is 11.7. The average Bonchev–Trinajstić information content (AvgIpc) is 2.53. The third kappa shape index (κ3) is 2.88. The van der Waals surface area contributed by atoms with E-state index in [1.165, 1.54) is 11.8 Å². The lowest BCUT2D eigenvalue weighted by molar-refractivity contribution is -0.193. The molecule has 1 heterocycles. The topological polar surface area (TPSA) is 52.6 Å². The number of ketones is 1. The van der Waals surface area contributed by atoms with E-state index in [9.17, 15) is 22.8 Å². The minimum Gasteiger partial charge on any atom is -0.429 e. The molecule has 1 aliphatic heterocycles. The Bertz CT molecular complexity index is 246. The summed E-state index contributed by atoms with van der Waals surface area (Å²) in [6, 6.07) is 0. The van der Waals surface area contributed by atoms with Crippen LogP contribution in [-0.4, -0.2) is 35.9 Å². The molecule has 0 radical (unpaired) electrons. The molecule has 0 bridgehead atoms. The fourth-order valence-corrected chi connectivity index (χ4v) is 1.37. The first kappa shape index (κ1) is 11.3. The molecule has 0 aliphatic carbocycles. The molecule has 4 nitrogen and oxygen atoms in total. The molecule has 14 heavy (non-hydrogen) atoms. The zero-order valence-corrected chi connectivity index (χ0v) is 7.48. The Morgan fingerprint density at radius 3 is 2.50 bits per heavy atom. The highest BCUT2D eigenvalue weighted by molar-refractivity contribution is 7.99. The van der Waals surface area contributed by atoms with Crippen LogP contribution < -0.4 is 0 Å². The van der Waals surface area contributed by atoms with Gasteiger partial charge in [-0.1, -0.05) is 0 Å². The normalized spacial score (nSPS) is 22.1. The van der Waals surface area contributed by atoms with Gasteiger partial charge in [0.25, 0.3) is 0 Å². The third-order valence-electron chi connectivity index (χ3n) is 1.27. The first-order chi connectivity index (χ1) is 6.41. The van der Waals surface area contributed by atoms with Gasteiger partial charge in [-0.3, -0.25) is 4.79 Å². The van der Waals surface area contributed by atoms with Crippen molar-refractivity contribution < 1.29 is 32.2 Å². The lowest BCUT2D eigenvalue weighted by Gasteiger charge is -2.10. The van der Waals surface area contributed by atoms with Crippen molar-refractivity contribution in [2.24, 2.45) is 0 Å². The molecule has 1 fully saturated rings. The van der Waals surface area contributed by atoms with Gasteiger partial charge in [0.2, 0.25) is 6.29 Å². The van der Waals surface area contributed by atoms with Crippen LogP contribution in [-0.2, 0) is 19.1 Å². The molecule has 1 aliphatic rings. The van der Waals surface area contributed by atoms with Crippen molar-refractivity contribution in [3.63, 3.8) is 0 Å². The van der Waals surface area contributed by atoms with E-state index in [1.807, 2.05) is 0 Å². The van der Waals surface area contributed by atoms with Gasteiger partial charge < -0.3 is 9.47 Å². The van der Waals surface area contributed by atoms with Crippen LogP contribution in [0.2, 0.25) is 0 Å². The van der Waals surface area contributed by atoms with Crippen molar-refractivity contribution in [2.75, 3.05) is 11.7 Å². The van der Waals surface area contributed by atoms with Crippen LogP contribution in [0.4, 0.5) is 13.2 Å². The summed E-state index contributed by atoms with van der Waals surface area (Å²) in [6.45, 7) is 0. The third-order valence-corrected chi connectivity index (χ3v) is 2.08. The van der Waals surface area contributed by atoms with Crippen molar-refractivity contribution in [3.8, 4) is 0 Å². The number of hydrogen-bond acceptors (Lipinski definition) is 5. The molecule has 0 aromatic heterocycles. The number of halogens is 3. The summed E-state index contributed by atoms with van der Waals surface area (Å²) in [5.74, 6) is -3.97. The number of carbonyl (C=O) groups excluding carboxylic acids is 2. The minimum atomic E-state index is -5.19. The number of rotatable bonds is 2. The lowest BCUT2D eigenvalue weighted by atomic mass is 10.4. The highest BCUT2D eigenvalue weighted by atomic mass is 32.2. The Morgan fingerprint density at radius 1 is 1.43 bits per heavy atom. The molecule has 1 rings (SSSR count). The SMILES string of the molecule is O=C(OC1CSCO1)C(=O)C(F)(F)F. The molecule has 0 amide bonds. The molecule has 1 saturated heterocycles. The Labute approximate surface area is 80.7 Å². The van der Waals surface area contributed by atoms with Gasteiger partial charge in [-0.05, 0) is 0 Å². The zero-order chi connectivity index (χ0) is 10.8. The van der Waals surface area contributed by atoms with Crippen LogP contribution in [0.5, 0.6) is 0 Å². The number of hydrogen-bond donors (Lipinski definition) is 0. The van der Waals surface area contributed by atoms with Gasteiger partial charge in [-0.2, -0.15) is 13.2 Å². The molecular weight excluding hydrogens is 225 g/mol. The number of thioether (sulfide) groups is 1. The Kier molecular flexibility index (Phi) is 3.38. The van der Waals surface area contributed by atoms with E-state index in [2.05, 4.69) is 9.47 Å². The van der Waals surface area contributed by atoms with Crippen molar-refractivity contribution in [2.45, 2.75) is 12.5 Å². The van der Waals surface area contributed by atoms with Crippen LogP contribution in [0.1, 0.15) is 0 Å². The number of carbonyl (C=O) groups is 2. The summed E-state index contributed by atoms with van der Waals surface area (Å²) in [6.07, 6.45) is -6.25. The first-order valence-corrected chi connectivity index (χ1v) is 4.58. The fourth-order valence-electron chi connectivity index (χ4n) is 0.673. The average molecular weight is 230 g/mol. The van der Waals surface area contributed by atoms with Crippen molar-refractivity contribution >= 4 is 23.5 Å². The number of esters is 1. The maximum Gasteiger partial charge on any atom is 0.461 e. The molecular formula is C6H5F3O4S. The second-order valence-electron chi connectivity index (χ2n) is 2.32. The van der Waals surface area contributed by atoms with E-state index in [0.29, 0.717) is 0 Å². The molecule has 0 spiro atoms. The van der Waals surface area contributed by atoms with Gasteiger partial charge in [0, 0.05) is 0 Å². The number of alkyl halides is 3. The predicted molar refractivity (Wildman–Crippen MR) is 39.4 cm³/mol. The number of ether oxygens (including phenoxy) is 2. The summed E-state index contributed by atoms with van der Waals surface area (Å²) >= 11 is 1.25. The van der Waals surface area contributed by atoms with Gasteiger partial charge >= 0.3 is 17.9 Å². The van der Waals surface area contributed by atoms with Crippen LogP contribution in [0.3, 0.4) is 0 Å². The van der Waals surface area contributed by atoms with Crippen LogP contribution in [0.15, 0.2) is 0 Å². The first-order valence-electron chi connectivity index (χ1n) is 3.42. The van der Waals surface area contributed by atoms with E-state index in [4.69, 9.17) is 0 Å². The van der Waals surface area contributed by atoms with Gasteiger partial charge in [-0.25, -0.2) is 4.79 Å². The smallest absolute Gasteiger partial charge is 0.429 e. The van der Waals surface area contributed by atoms with Gasteiger partial charge in [0.1, 0.15) is 0 Å². The maximum atomic E-state index is 11.7. The molecule has 1 atom stereocenters. The highest BCUT2D eigenvalue weighted by Gasteiger charge is 2.45. The predicted octanol–water partition coefficient (Wildman–Crippen LogP) is 0.708. The largest absolute Gasteiger partial charge is 0.461 e. The Balaban J connectivity index is 2.45. The second-order valence-corrected chi connectivity index (χ2v) is 3.29. The van der Waals surface area contributed by atoms with E-state index in [1.54, 1.807) is 0 Å². The van der Waals surface area contributed by atoms with E-state index in [0.717, 1.165) is 0 Å². The summed E-state index contributed by atoms with van der Waals surface area (Å²) in [7, 11) is 0. The Hall–Kier alpha value is -0.760. The van der Waals surface area contributed by atoms with E-state index >= 15 is 0 Å². The standard InChI is InChI=1S/C6H5F3O4S/c7-6(8,9)4(10)5(11)13-3-1-14-2-12-3/h3H,1-2H2. The fraction of sp³-hybridized carbons (Fsp3) is 0.667. The molecule has 8 heteroatoms. The summed E-state index contributed by atoms with van der Waals surface area (Å²) < 4.78 is 43.9. The van der Waals surface area contributed by atoms with Crippen molar-refractivity contribution in [1.29, 1.82) is 0 Å². The van der Waals surface area contributed by atoms with Crippen molar-refractivity contribution in [1.82, 2.24) is 0 Å². The molecule has 0 saturated carbocycles. The quantitative estimate of drug-likeness (QED) is 0.516. The Morgan fingerprint density at radius 2 is 2.07 bits per heavy atom. The molecule has 0 aromatic carbocycles. The van der Waals surface area contributed by atoms with E-state index in [-0.39, 0.29) is 11.7 Å². The second kappa shape index (κ2) is 4.18. The minimum absolute atomic E-state index is 0.233. The summed E-state index contributed by atoms with van der Waals surface area (Å²) in [5, 5.41) is 0. The summed E-state index contributed by atoms with van der Waals surface area (Å²) in [4.78, 5) is 20.9. The van der Waals surface area contributed by atoms with E-state index < -0.39 is 24.2 Å². The van der Waals surface area contributed by atoms with Crippen LogP contribution in [0.25, 0.3) is 0 Å².